The molecule has 2 N–H and O–H groups in total. The number of nitrogens with two attached hydrogens (primary N) is 1. The Kier molecular flexibility index (Phi) is 7.04. The van der Waals surface area contributed by atoms with Crippen molar-refractivity contribution in [3.63, 3.8) is 0 Å². The molecule has 106 valence electrons. The van der Waals surface area contributed by atoms with Crippen LogP contribution in [0.25, 0.3) is 0 Å². The van der Waals surface area contributed by atoms with Crippen molar-refractivity contribution in [1.29, 1.82) is 0 Å². The van der Waals surface area contributed by atoms with Gasteiger partial charge in [0, 0.05) is 0 Å². The zero-order valence-electron chi connectivity index (χ0n) is 9.33. The van der Waals surface area contributed by atoms with Gasteiger partial charge < -0.3 is 13.6 Å². The molecule has 0 aliphatic rings. The molecule has 0 aromatic heterocycles. The second kappa shape index (κ2) is 8.02. The Morgan fingerprint density at radius 2 is 1.95 bits per heavy atom. The SMILES string of the molecule is NOS(=O)(=O)COP(Oc1ccccc1)[PH](=O)P=O. The molecule has 8 nitrogen and oxygen atoms in total. The topological polar surface area (TPSA) is 122 Å². The van der Waals surface area contributed by atoms with Crippen LogP contribution in [0.2, 0.25) is 0 Å². The van der Waals surface area contributed by atoms with Gasteiger partial charge in [-0.1, -0.05) is 18.2 Å². The van der Waals surface area contributed by atoms with Crippen LogP contribution in [0.4, 0.5) is 0 Å². The average Bonchev–Trinajstić information content (AvgIpc) is 2.43. The van der Waals surface area contributed by atoms with Crippen molar-refractivity contribution in [2.45, 2.75) is 0 Å². The predicted octanol–water partition coefficient (Wildman–Crippen LogP) is 2.25. The van der Waals surface area contributed by atoms with Crippen LogP contribution in [-0.4, -0.2) is 14.4 Å². The lowest BCUT2D eigenvalue weighted by Gasteiger charge is -2.14. The average molecular weight is 345 g/mol. The number of para-hydroxylation sites is 1. The number of benzene rings is 1. The van der Waals surface area contributed by atoms with Gasteiger partial charge in [-0.3, -0.25) is 4.57 Å². The highest BCUT2D eigenvalue weighted by Gasteiger charge is 2.25. The van der Waals surface area contributed by atoms with Crippen LogP contribution in [0, 0.1) is 0 Å². The third kappa shape index (κ3) is 6.06. The molecule has 1 aromatic carbocycles. The molecule has 19 heavy (non-hydrogen) atoms. The first kappa shape index (κ1) is 16.7. The summed E-state index contributed by atoms with van der Waals surface area (Å²) in [6.45, 7) is 0. The Labute approximate surface area is 113 Å². The van der Waals surface area contributed by atoms with E-state index >= 15 is 0 Å². The van der Waals surface area contributed by atoms with E-state index < -0.39 is 39.4 Å². The lowest BCUT2D eigenvalue weighted by atomic mass is 10.3. The van der Waals surface area contributed by atoms with E-state index in [1.807, 2.05) is 0 Å². The van der Waals surface area contributed by atoms with Crippen molar-refractivity contribution in [1.82, 2.24) is 0 Å². The molecule has 2 atom stereocenters. The standard InChI is InChI=1S/C7H10NO7P3S/c8-15-19(11,12)6-13-18(17(10)16-9)14-7-4-2-1-3-5-7/h1-5,17H,6,8H2. The van der Waals surface area contributed by atoms with Crippen molar-refractivity contribution in [2.75, 3.05) is 5.94 Å². The molecule has 1 aromatic rings. The van der Waals surface area contributed by atoms with E-state index in [2.05, 4.69) is 10.2 Å². The monoisotopic (exact) mass is 345 g/mol. The maximum Gasteiger partial charge on any atom is 0.307 e. The molecule has 1 rings (SSSR count). The summed E-state index contributed by atoms with van der Waals surface area (Å²) < 4.78 is 57.8. The first-order valence-electron chi connectivity index (χ1n) is 4.63. The third-order valence-corrected chi connectivity index (χ3v) is 7.98. The van der Waals surface area contributed by atoms with Crippen LogP contribution in [0.15, 0.2) is 30.3 Å². The lowest BCUT2D eigenvalue weighted by molar-refractivity contribution is 0.297. The molecule has 0 saturated heterocycles. The molecular formula is C7H10NO7P3S. The van der Waals surface area contributed by atoms with E-state index in [1.165, 1.54) is 0 Å². The first-order chi connectivity index (χ1) is 8.98. The van der Waals surface area contributed by atoms with Crippen LogP contribution in [0.5, 0.6) is 5.75 Å². The van der Waals surface area contributed by atoms with Gasteiger partial charge in [-0.15, -0.1) is 0 Å². The lowest BCUT2D eigenvalue weighted by Crippen LogP contribution is -2.15. The summed E-state index contributed by atoms with van der Waals surface area (Å²) in [5, 5.41) is 0. The third-order valence-electron chi connectivity index (χ3n) is 1.63. The van der Waals surface area contributed by atoms with Crippen molar-refractivity contribution < 1.29 is 30.9 Å². The second-order valence-electron chi connectivity index (χ2n) is 2.94. The zero-order valence-corrected chi connectivity index (χ0v) is 12.9. The highest BCUT2D eigenvalue weighted by Crippen LogP contribution is 2.68. The normalized spacial score (nSPS) is 15.0. The second-order valence-corrected chi connectivity index (χ2v) is 11.3. The number of hydrogen-bond donors (Lipinski definition) is 1. The first-order valence-corrected chi connectivity index (χ1v) is 11.3. The van der Waals surface area contributed by atoms with E-state index in [4.69, 9.17) is 9.05 Å². The molecule has 12 heteroatoms. The smallest absolute Gasteiger partial charge is 0.307 e. The van der Waals surface area contributed by atoms with Gasteiger partial charge in [0.25, 0.3) is 0 Å². The fourth-order valence-electron chi connectivity index (χ4n) is 0.871. The molecule has 0 aliphatic carbocycles. The van der Waals surface area contributed by atoms with Gasteiger partial charge in [0.15, 0.2) is 5.94 Å². The van der Waals surface area contributed by atoms with Gasteiger partial charge in [0.05, 0.1) is 0 Å². The molecule has 0 fully saturated rings. The summed E-state index contributed by atoms with van der Waals surface area (Å²) in [5.74, 6) is 3.90. The van der Waals surface area contributed by atoms with E-state index in [-0.39, 0.29) is 0 Å². The summed E-state index contributed by atoms with van der Waals surface area (Å²) in [7, 11) is -9.67. The van der Waals surface area contributed by atoms with E-state index in [0.29, 0.717) is 5.75 Å². The minimum Gasteiger partial charge on any atom is -0.442 e. The van der Waals surface area contributed by atoms with Gasteiger partial charge in [-0.2, -0.15) is 18.6 Å². The van der Waals surface area contributed by atoms with Crippen LogP contribution < -0.4 is 10.4 Å². The molecule has 0 saturated carbocycles. The van der Waals surface area contributed by atoms with Crippen molar-refractivity contribution in [3.05, 3.63) is 30.3 Å². The number of hydrogen-bond acceptors (Lipinski definition) is 8. The highest BCUT2D eigenvalue weighted by atomic mass is 32.4. The van der Waals surface area contributed by atoms with Crippen molar-refractivity contribution >= 4 is 33.5 Å². The number of rotatable bonds is 8. The molecule has 0 bridgehead atoms. The maximum absolute atomic E-state index is 11.5. The van der Waals surface area contributed by atoms with Crippen LogP contribution in [0.1, 0.15) is 0 Å². The van der Waals surface area contributed by atoms with Crippen LogP contribution in [-0.2, 0) is 28.1 Å². The minimum atomic E-state index is -4.08. The van der Waals surface area contributed by atoms with Crippen LogP contribution in [0.3, 0.4) is 0 Å². The fourth-order valence-corrected chi connectivity index (χ4v) is 5.49. The van der Waals surface area contributed by atoms with E-state index in [0.717, 1.165) is 0 Å². The van der Waals surface area contributed by atoms with Gasteiger partial charge >= 0.3 is 18.2 Å². The van der Waals surface area contributed by atoms with E-state index in [1.54, 1.807) is 30.3 Å². The van der Waals surface area contributed by atoms with Gasteiger partial charge in [0.2, 0.25) is 15.3 Å². The molecule has 0 aliphatic heterocycles. The summed E-state index contributed by atoms with van der Waals surface area (Å²) in [6.07, 6.45) is 0. The molecule has 0 spiro atoms. The zero-order chi connectivity index (χ0) is 14.3. The fraction of sp³-hybridized carbons (Fsp3) is 0.143. The largest absolute Gasteiger partial charge is 0.442 e. The summed E-state index contributed by atoms with van der Waals surface area (Å²) in [5.41, 5.74) is 0. The molecule has 0 amide bonds. The Morgan fingerprint density at radius 3 is 2.47 bits per heavy atom. The molecular weight excluding hydrogens is 335 g/mol. The van der Waals surface area contributed by atoms with Gasteiger partial charge in [-0.05, 0) is 12.1 Å². The predicted molar refractivity (Wildman–Crippen MR) is 70.7 cm³/mol. The van der Waals surface area contributed by atoms with Gasteiger partial charge in [-0.25, -0.2) is 0 Å². The Balaban J connectivity index is 2.73. The highest BCUT2D eigenvalue weighted by molar-refractivity contribution is 8.46. The Bertz CT molecular complexity index is 537. The summed E-state index contributed by atoms with van der Waals surface area (Å²) in [6, 6.07) is 8.17. The molecule has 0 radical (unpaired) electrons. The van der Waals surface area contributed by atoms with Crippen LogP contribution >= 0.6 is 23.4 Å². The van der Waals surface area contributed by atoms with Crippen molar-refractivity contribution in [2.24, 2.45) is 5.90 Å². The molecule has 0 heterocycles. The maximum atomic E-state index is 11.5. The molecule has 2 unspecified atom stereocenters. The Hall–Kier alpha value is -0.390. The summed E-state index contributed by atoms with van der Waals surface area (Å²) >= 11 is 0. The van der Waals surface area contributed by atoms with Gasteiger partial charge in [0.1, 0.15) is 5.75 Å². The summed E-state index contributed by atoms with van der Waals surface area (Å²) in [4.78, 5) is 0. The quantitative estimate of drug-likeness (QED) is 0.562. The van der Waals surface area contributed by atoms with Crippen molar-refractivity contribution in [3.8, 4) is 5.75 Å². The van der Waals surface area contributed by atoms with E-state index in [9.17, 15) is 17.5 Å². The Morgan fingerprint density at radius 1 is 1.32 bits per heavy atom. The minimum absolute atomic E-state index is 0.321.